The van der Waals surface area contributed by atoms with Gasteiger partial charge in [-0.15, -0.1) is 12.4 Å². The van der Waals surface area contributed by atoms with Gasteiger partial charge in [-0.1, -0.05) is 26.0 Å². The SMILES string of the molecule is CC(C)[C@@H](N)C(=O)NN=Cc1ccc2ncccc2c1.Cl. The van der Waals surface area contributed by atoms with Crippen LogP contribution in [0.15, 0.2) is 41.6 Å². The molecule has 0 aliphatic rings. The normalized spacial score (nSPS) is 12.4. The number of hydrogen-bond donors (Lipinski definition) is 2. The van der Waals surface area contributed by atoms with Crippen LogP contribution in [0.25, 0.3) is 10.9 Å². The van der Waals surface area contributed by atoms with Crippen molar-refractivity contribution in [3.05, 3.63) is 42.1 Å². The summed E-state index contributed by atoms with van der Waals surface area (Å²) >= 11 is 0. The minimum Gasteiger partial charge on any atom is -0.320 e. The number of hydrazone groups is 1. The second-order valence-electron chi connectivity index (χ2n) is 4.96. The van der Waals surface area contributed by atoms with Crippen LogP contribution in [0.2, 0.25) is 0 Å². The van der Waals surface area contributed by atoms with Crippen LogP contribution in [0, 0.1) is 5.92 Å². The van der Waals surface area contributed by atoms with Gasteiger partial charge >= 0.3 is 0 Å². The molecule has 0 aliphatic heterocycles. The Morgan fingerprint density at radius 2 is 2.14 bits per heavy atom. The van der Waals surface area contributed by atoms with Gasteiger partial charge in [-0.3, -0.25) is 9.78 Å². The molecular weight excluding hydrogens is 288 g/mol. The fourth-order valence-electron chi connectivity index (χ4n) is 1.72. The van der Waals surface area contributed by atoms with Gasteiger partial charge in [-0.2, -0.15) is 5.10 Å². The topological polar surface area (TPSA) is 80.4 Å². The van der Waals surface area contributed by atoms with E-state index >= 15 is 0 Å². The first-order chi connectivity index (χ1) is 9.58. The number of carbonyl (C=O) groups is 1. The smallest absolute Gasteiger partial charge is 0.257 e. The van der Waals surface area contributed by atoms with Crippen molar-refractivity contribution in [1.29, 1.82) is 0 Å². The van der Waals surface area contributed by atoms with Gasteiger partial charge in [-0.25, -0.2) is 5.43 Å². The van der Waals surface area contributed by atoms with Gasteiger partial charge in [-0.05, 0) is 29.7 Å². The predicted octanol–water partition coefficient (Wildman–Crippen LogP) is 2.09. The molecule has 0 unspecified atom stereocenters. The van der Waals surface area contributed by atoms with E-state index in [9.17, 15) is 4.79 Å². The molecule has 1 atom stereocenters. The highest BCUT2D eigenvalue weighted by molar-refractivity contribution is 5.89. The highest BCUT2D eigenvalue weighted by Gasteiger charge is 2.15. The maximum Gasteiger partial charge on any atom is 0.257 e. The standard InChI is InChI=1S/C15H18N4O.ClH/c1-10(2)14(16)15(20)19-18-9-11-5-6-13-12(8-11)4-3-7-17-13;/h3-10,14H,16H2,1-2H3,(H,19,20);1H/t14-;/m1./s1. The van der Waals surface area contributed by atoms with Gasteiger partial charge in [0.2, 0.25) is 0 Å². The molecule has 0 spiro atoms. The fourth-order valence-corrected chi connectivity index (χ4v) is 1.72. The Morgan fingerprint density at radius 3 is 2.86 bits per heavy atom. The van der Waals surface area contributed by atoms with Crippen LogP contribution in [0.4, 0.5) is 0 Å². The molecule has 21 heavy (non-hydrogen) atoms. The molecule has 3 N–H and O–H groups in total. The summed E-state index contributed by atoms with van der Waals surface area (Å²) in [6, 6.07) is 9.08. The second kappa shape index (κ2) is 7.71. The molecule has 2 aromatic rings. The van der Waals surface area contributed by atoms with E-state index in [1.165, 1.54) is 0 Å². The zero-order valence-electron chi connectivity index (χ0n) is 12.0. The minimum absolute atomic E-state index is 0. The summed E-state index contributed by atoms with van der Waals surface area (Å²) in [7, 11) is 0. The molecule has 0 bridgehead atoms. The minimum atomic E-state index is -0.548. The molecule has 0 aliphatic carbocycles. The van der Waals surface area contributed by atoms with Crippen LogP contribution < -0.4 is 11.2 Å². The zero-order chi connectivity index (χ0) is 14.5. The average molecular weight is 307 g/mol. The van der Waals surface area contributed by atoms with Crippen molar-refractivity contribution in [3.63, 3.8) is 0 Å². The van der Waals surface area contributed by atoms with Crippen molar-refractivity contribution in [3.8, 4) is 0 Å². The van der Waals surface area contributed by atoms with E-state index in [4.69, 9.17) is 5.73 Å². The predicted molar refractivity (Wildman–Crippen MR) is 87.5 cm³/mol. The Morgan fingerprint density at radius 1 is 1.38 bits per heavy atom. The summed E-state index contributed by atoms with van der Waals surface area (Å²) in [6.45, 7) is 3.79. The van der Waals surface area contributed by atoms with E-state index in [2.05, 4.69) is 15.5 Å². The van der Waals surface area contributed by atoms with Gasteiger partial charge < -0.3 is 5.73 Å². The molecule has 1 aromatic carbocycles. The molecule has 0 saturated heterocycles. The van der Waals surface area contributed by atoms with Crippen molar-refractivity contribution in [2.75, 3.05) is 0 Å². The number of rotatable bonds is 4. The Labute approximate surface area is 130 Å². The number of aromatic nitrogens is 1. The number of fused-ring (bicyclic) bond motifs is 1. The number of nitrogens with one attached hydrogen (secondary N) is 1. The van der Waals surface area contributed by atoms with E-state index in [1.807, 2.05) is 44.2 Å². The Hall–Kier alpha value is -1.98. The third kappa shape index (κ3) is 4.51. The Bertz CT molecular complexity index is 642. The molecular formula is C15H19ClN4O. The fraction of sp³-hybridized carbons (Fsp3) is 0.267. The van der Waals surface area contributed by atoms with Crippen molar-refractivity contribution < 1.29 is 4.79 Å². The lowest BCUT2D eigenvalue weighted by molar-refractivity contribution is -0.123. The van der Waals surface area contributed by atoms with Gasteiger partial charge in [0.15, 0.2) is 0 Å². The molecule has 0 fully saturated rings. The van der Waals surface area contributed by atoms with Gasteiger partial charge in [0.25, 0.3) is 5.91 Å². The van der Waals surface area contributed by atoms with Crippen molar-refractivity contribution in [2.24, 2.45) is 16.8 Å². The summed E-state index contributed by atoms with van der Waals surface area (Å²) in [5.41, 5.74) is 9.99. The van der Waals surface area contributed by atoms with E-state index < -0.39 is 6.04 Å². The van der Waals surface area contributed by atoms with Crippen molar-refractivity contribution >= 4 is 35.4 Å². The van der Waals surface area contributed by atoms with Gasteiger partial charge in [0, 0.05) is 11.6 Å². The number of nitrogens with two attached hydrogens (primary N) is 1. The number of pyridine rings is 1. The van der Waals surface area contributed by atoms with Crippen LogP contribution in [0.3, 0.4) is 0 Å². The summed E-state index contributed by atoms with van der Waals surface area (Å²) in [6.07, 6.45) is 3.35. The van der Waals surface area contributed by atoms with Crippen LogP contribution >= 0.6 is 12.4 Å². The molecule has 0 saturated carbocycles. The number of amides is 1. The molecule has 1 aromatic heterocycles. The monoisotopic (exact) mass is 306 g/mol. The molecule has 1 amide bonds. The summed E-state index contributed by atoms with van der Waals surface area (Å²) in [5.74, 6) is -0.198. The van der Waals surface area contributed by atoms with Crippen LogP contribution in [-0.2, 0) is 4.79 Å². The Kier molecular flexibility index (Phi) is 6.27. The summed E-state index contributed by atoms with van der Waals surface area (Å²) < 4.78 is 0. The lowest BCUT2D eigenvalue weighted by Crippen LogP contribution is -2.42. The van der Waals surface area contributed by atoms with E-state index in [1.54, 1.807) is 12.4 Å². The molecule has 2 rings (SSSR count). The summed E-state index contributed by atoms with van der Waals surface area (Å²) in [5, 5.41) is 4.96. The van der Waals surface area contributed by atoms with Crippen molar-refractivity contribution in [2.45, 2.75) is 19.9 Å². The number of hydrogen-bond acceptors (Lipinski definition) is 4. The van der Waals surface area contributed by atoms with E-state index in [-0.39, 0.29) is 24.2 Å². The molecule has 0 radical (unpaired) electrons. The lowest BCUT2D eigenvalue weighted by atomic mass is 10.1. The summed E-state index contributed by atoms with van der Waals surface area (Å²) in [4.78, 5) is 15.9. The number of benzene rings is 1. The van der Waals surface area contributed by atoms with E-state index in [0.717, 1.165) is 16.5 Å². The first kappa shape index (κ1) is 17.1. The highest BCUT2D eigenvalue weighted by atomic mass is 35.5. The molecule has 5 nitrogen and oxygen atoms in total. The molecule has 1 heterocycles. The lowest BCUT2D eigenvalue weighted by Gasteiger charge is -2.12. The third-order valence-corrected chi connectivity index (χ3v) is 3.04. The largest absolute Gasteiger partial charge is 0.320 e. The first-order valence-electron chi connectivity index (χ1n) is 6.51. The van der Waals surface area contributed by atoms with Gasteiger partial charge in [0.1, 0.15) is 0 Å². The number of halogens is 1. The number of nitrogens with zero attached hydrogens (tertiary/aromatic N) is 2. The number of carbonyl (C=O) groups excluding carboxylic acids is 1. The average Bonchev–Trinajstić information content (AvgIpc) is 2.46. The quantitative estimate of drug-likeness (QED) is 0.670. The van der Waals surface area contributed by atoms with E-state index in [0.29, 0.717) is 0 Å². The Balaban J connectivity index is 0.00000220. The molecule has 112 valence electrons. The third-order valence-electron chi connectivity index (χ3n) is 3.04. The van der Waals surface area contributed by atoms with Gasteiger partial charge in [0.05, 0.1) is 17.8 Å². The first-order valence-corrected chi connectivity index (χ1v) is 6.51. The molecule has 6 heteroatoms. The van der Waals surface area contributed by atoms with Crippen LogP contribution in [-0.4, -0.2) is 23.1 Å². The second-order valence-corrected chi connectivity index (χ2v) is 4.96. The van der Waals surface area contributed by atoms with Crippen molar-refractivity contribution in [1.82, 2.24) is 10.4 Å². The highest BCUT2D eigenvalue weighted by Crippen LogP contribution is 2.11. The zero-order valence-corrected chi connectivity index (χ0v) is 12.8. The maximum atomic E-state index is 11.6. The maximum absolute atomic E-state index is 11.6. The van der Waals surface area contributed by atoms with Crippen LogP contribution in [0.5, 0.6) is 0 Å². The van der Waals surface area contributed by atoms with Crippen LogP contribution in [0.1, 0.15) is 19.4 Å².